The van der Waals surface area contributed by atoms with E-state index in [9.17, 15) is 22.4 Å². The lowest BCUT2D eigenvalue weighted by atomic mass is 10.1. The minimum atomic E-state index is -5.08. The normalized spacial score (nSPS) is 15.6. The summed E-state index contributed by atoms with van der Waals surface area (Å²) < 4.78 is 44.3. The number of amides is 1. The lowest BCUT2D eigenvalue weighted by molar-refractivity contribution is -0.192. The van der Waals surface area contributed by atoms with E-state index < -0.39 is 23.7 Å². The van der Waals surface area contributed by atoms with Gasteiger partial charge in [-0.3, -0.25) is 9.89 Å². The largest absolute Gasteiger partial charge is 0.490 e. The Kier molecular flexibility index (Phi) is 5.53. The van der Waals surface area contributed by atoms with Crippen molar-refractivity contribution in [2.75, 3.05) is 6.54 Å². The molecule has 0 saturated carbocycles. The van der Waals surface area contributed by atoms with Gasteiger partial charge in [-0.05, 0) is 12.0 Å². The van der Waals surface area contributed by atoms with E-state index in [0.717, 1.165) is 11.3 Å². The fraction of sp³-hybridized carbons (Fsp3) is 0.500. The van der Waals surface area contributed by atoms with Gasteiger partial charge >= 0.3 is 12.1 Å². The number of carboxylic acid groups (broad SMARTS) is 1. The summed E-state index contributed by atoms with van der Waals surface area (Å²) in [6.45, 7) is 0.861. The van der Waals surface area contributed by atoms with E-state index in [2.05, 4.69) is 10.2 Å². The molecule has 0 fully saturated rings. The first-order valence-corrected chi connectivity index (χ1v) is 5.94. The molecule has 1 aromatic heterocycles. The van der Waals surface area contributed by atoms with Crippen molar-refractivity contribution in [2.45, 2.75) is 24.8 Å². The van der Waals surface area contributed by atoms with Crippen molar-refractivity contribution < 1.29 is 32.3 Å². The second kappa shape index (κ2) is 6.74. The van der Waals surface area contributed by atoms with Gasteiger partial charge in [0.25, 0.3) is 11.5 Å². The van der Waals surface area contributed by atoms with E-state index in [4.69, 9.17) is 21.5 Å². The van der Waals surface area contributed by atoms with Gasteiger partial charge < -0.3 is 10.0 Å². The number of aliphatic carboxylic acids is 1. The highest BCUT2D eigenvalue weighted by atomic mass is 35.5. The zero-order valence-electron chi connectivity index (χ0n) is 10.3. The van der Waals surface area contributed by atoms with Crippen LogP contribution in [0.3, 0.4) is 0 Å². The Balaban J connectivity index is 0.000000270. The molecule has 0 spiro atoms. The molecule has 2 heterocycles. The van der Waals surface area contributed by atoms with Crippen LogP contribution in [0, 0.1) is 0 Å². The third kappa shape index (κ3) is 4.88. The van der Waals surface area contributed by atoms with Crippen LogP contribution in [-0.4, -0.2) is 50.4 Å². The monoisotopic (exact) mass is 331 g/mol. The number of aromatic nitrogens is 2. The Hall–Kier alpha value is -1.84. The summed E-state index contributed by atoms with van der Waals surface area (Å²) >= 11 is 5.08. The lowest BCUT2D eigenvalue weighted by Gasteiger charge is -2.26. The van der Waals surface area contributed by atoms with Crippen LogP contribution < -0.4 is 0 Å². The Morgan fingerprint density at radius 2 is 2.05 bits per heavy atom. The third-order valence-corrected chi connectivity index (χ3v) is 2.74. The van der Waals surface area contributed by atoms with Gasteiger partial charge in [0.05, 0.1) is 18.4 Å². The molecule has 0 radical (unpaired) electrons. The van der Waals surface area contributed by atoms with Gasteiger partial charge in [-0.15, -0.1) is 0 Å². The number of halogens is 5. The summed E-state index contributed by atoms with van der Waals surface area (Å²) in [6, 6.07) is 0. The maximum atomic E-state index is 12.5. The van der Waals surface area contributed by atoms with Gasteiger partial charge in [-0.25, -0.2) is 9.18 Å². The van der Waals surface area contributed by atoms with Gasteiger partial charge in [0, 0.05) is 6.54 Å². The van der Waals surface area contributed by atoms with E-state index in [-0.39, 0.29) is 0 Å². The first kappa shape index (κ1) is 17.2. The highest BCUT2D eigenvalue weighted by molar-refractivity contribution is 6.29. The fourth-order valence-electron chi connectivity index (χ4n) is 1.54. The highest BCUT2D eigenvalue weighted by Crippen LogP contribution is 2.17. The van der Waals surface area contributed by atoms with Crippen LogP contribution in [0.25, 0.3) is 0 Å². The molecule has 0 aliphatic carbocycles. The molecule has 1 aromatic rings. The summed E-state index contributed by atoms with van der Waals surface area (Å²) in [4.78, 5) is 21.5. The molecular weight excluding hydrogens is 322 g/mol. The zero-order valence-corrected chi connectivity index (χ0v) is 11.1. The number of aromatic amines is 1. The molecule has 1 aliphatic heterocycles. The highest BCUT2D eigenvalue weighted by Gasteiger charge is 2.38. The smallest absolute Gasteiger partial charge is 0.475 e. The quantitative estimate of drug-likeness (QED) is 0.602. The van der Waals surface area contributed by atoms with Crippen LogP contribution in [0.2, 0.25) is 0 Å². The molecule has 1 unspecified atom stereocenters. The molecular formula is C10H10ClF4N3O3. The number of nitrogens with one attached hydrogen (secondary N) is 1. The molecule has 1 aliphatic rings. The maximum Gasteiger partial charge on any atom is 0.490 e. The molecule has 11 heteroatoms. The number of rotatable bonds is 1. The van der Waals surface area contributed by atoms with Crippen LogP contribution in [-0.2, 0) is 22.6 Å². The molecule has 1 atom stereocenters. The topological polar surface area (TPSA) is 86.3 Å². The predicted molar refractivity (Wildman–Crippen MR) is 62.1 cm³/mol. The molecule has 0 aromatic carbocycles. The number of carboxylic acids is 1. The van der Waals surface area contributed by atoms with Gasteiger partial charge in [0.1, 0.15) is 0 Å². The molecule has 118 valence electrons. The number of carbonyl (C=O) groups is 2. The number of nitrogens with zero attached hydrogens (tertiary/aromatic N) is 2. The minimum absolute atomic E-state index is 0.362. The predicted octanol–water partition coefficient (Wildman–Crippen LogP) is 1.46. The molecule has 21 heavy (non-hydrogen) atoms. The SMILES string of the molecule is O=C(C(F)Cl)N1CCc2cn[nH]c2C1.O=C(O)C(F)(F)F. The Morgan fingerprint density at radius 3 is 2.52 bits per heavy atom. The number of H-pyrrole nitrogens is 1. The van der Waals surface area contributed by atoms with E-state index in [0.29, 0.717) is 19.5 Å². The summed E-state index contributed by atoms with van der Waals surface area (Å²) in [7, 11) is 0. The third-order valence-electron chi connectivity index (χ3n) is 2.55. The summed E-state index contributed by atoms with van der Waals surface area (Å²) in [5.41, 5.74) is 0.000388. The molecule has 2 rings (SSSR count). The number of alkyl halides is 5. The van der Waals surface area contributed by atoms with Crippen molar-refractivity contribution in [1.29, 1.82) is 0 Å². The Labute approximate surface area is 120 Å². The number of hydrogen-bond donors (Lipinski definition) is 2. The van der Waals surface area contributed by atoms with Crippen molar-refractivity contribution >= 4 is 23.5 Å². The average molecular weight is 332 g/mol. The average Bonchev–Trinajstić information content (AvgIpc) is 2.84. The zero-order chi connectivity index (χ0) is 16.2. The second-order valence-electron chi connectivity index (χ2n) is 3.99. The molecule has 2 N–H and O–H groups in total. The first-order chi connectivity index (χ1) is 9.62. The standard InChI is InChI=1S/C8H9ClFN3O.C2HF3O2/c9-7(10)8(14)13-2-1-5-3-11-12-6(5)4-13;3-2(4,5)1(6)7/h3,7H,1-2,4H2,(H,11,12);(H,6,7). The lowest BCUT2D eigenvalue weighted by Crippen LogP contribution is -2.39. The molecule has 1 amide bonds. The van der Waals surface area contributed by atoms with Crippen molar-refractivity contribution in [2.24, 2.45) is 0 Å². The van der Waals surface area contributed by atoms with Gasteiger partial charge in [0.2, 0.25) is 0 Å². The van der Waals surface area contributed by atoms with E-state index in [1.165, 1.54) is 4.90 Å². The number of fused-ring (bicyclic) bond motifs is 1. The molecule has 0 saturated heterocycles. The summed E-state index contributed by atoms with van der Waals surface area (Å²) in [5, 5.41) is 13.7. The Bertz CT molecular complexity index is 518. The summed E-state index contributed by atoms with van der Waals surface area (Å²) in [5.74, 6) is -3.43. The van der Waals surface area contributed by atoms with E-state index >= 15 is 0 Å². The first-order valence-electron chi connectivity index (χ1n) is 5.51. The van der Waals surface area contributed by atoms with Gasteiger partial charge in [-0.1, -0.05) is 11.6 Å². The van der Waals surface area contributed by atoms with Crippen LogP contribution in [0.15, 0.2) is 6.20 Å². The van der Waals surface area contributed by atoms with E-state index in [1.807, 2.05) is 0 Å². The summed E-state index contributed by atoms with van der Waals surface area (Å²) in [6.07, 6.45) is -2.66. The minimum Gasteiger partial charge on any atom is -0.475 e. The second-order valence-corrected chi connectivity index (χ2v) is 4.37. The van der Waals surface area contributed by atoms with Gasteiger partial charge in [-0.2, -0.15) is 18.3 Å². The number of hydrogen-bond acceptors (Lipinski definition) is 3. The molecule has 6 nitrogen and oxygen atoms in total. The van der Waals surface area contributed by atoms with Crippen molar-refractivity contribution in [1.82, 2.24) is 15.1 Å². The maximum absolute atomic E-state index is 12.5. The van der Waals surface area contributed by atoms with Crippen LogP contribution in [0.4, 0.5) is 17.6 Å². The van der Waals surface area contributed by atoms with Crippen LogP contribution >= 0.6 is 11.6 Å². The fourth-order valence-corrected chi connectivity index (χ4v) is 1.68. The van der Waals surface area contributed by atoms with Crippen LogP contribution in [0.5, 0.6) is 0 Å². The van der Waals surface area contributed by atoms with Crippen molar-refractivity contribution in [3.05, 3.63) is 17.5 Å². The van der Waals surface area contributed by atoms with Crippen LogP contribution in [0.1, 0.15) is 11.3 Å². The van der Waals surface area contributed by atoms with E-state index in [1.54, 1.807) is 6.20 Å². The molecule has 0 bridgehead atoms. The van der Waals surface area contributed by atoms with Crippen molar-refractivity contribution in [3.8, 4) is 0 Å². The number of carbonyl (C=O) groups excluding carboxylic acids is 1. The van der Waals surface area contributed by atoms with Gasteiger partial charge in [0.15, 0.2) is 0 Å². The van der Waals surface area contributed by atoms with Crippen molar-refractivity contribution in [3.63, 3.8) is 0 Å². The Morgan fingerprint density at radius 1 is 1.48 bits per heavy atom.